The van der Waals surface area contributed by atoms with Gasteiger partial charge in [0, 0.05) is 15.7 Å². The van der Waals surface area contributed by atoms with Crippen LogP contribution in [-0.4, -0.2) is 0 Å². The summed E-state index contributed by atoms with van der Waals surface area (Å²) in [6.07, 6.45) is 0. The van der Waals surface area contributed by atoms with Crippen LogP contribution in [0.15, 0.2) is 46.9 Å². The van der Waals surface area contributed by atoms with Gasteiger partial charge in [0.05, 0.1) is 6.04 Å². The highest BCUT2D eigenvalue weighted by molar-refractivity contribution is 9.10. The second-order valence-corrected chi connectivity index (χ2v) is 6.19. The van der Waals surface area contributed by atoms with Crippen molar-refractivity contribution in [1.29, 1.82) is 0 Å². The van der Waals surface area contributed by atoms with Crippen molar-refractivity contribution in [3.63, 3.8) is 0 Å². The molecule has 0 spiro atoms. The van der Waals surface area contributed by atoms with Crippen molar-refractivity contribution in [3.8, 4) is 0 Å². The van der Waals surface area contributed by atoms with Gasteiger partial charge in [-0.1, -0.05) is 54.0 Å². The van der Waals surface area contributed by atoms with Crippen LogP contribution in [0.5, 0.6) is 0 Å². The highest BCUT2D eigenvalue weighted by Gasteiger charge is 2.13. The summed E-state index contributed by atoms with van der Waals surface area (Å²) in [7, 11) is 0. The number of rotatable bonds is 4. The molecule has 0 amide bonds. The van der Waals surface area contributed by atoms with Gasteiger partial charge in [-0.2, -0.15) is 0 Å². The fourth-order valence-electron chi connectivity index (χ4n) is 2.30. The van der Waals surface area contributed by atoms with Crippen molar-refractivity contribution in [1.82, 2.24) is 0 Å². The molecule has 0 aliphatic carbocycles. The third-order valence-electron chi connectivity index (χ3n) is 3.38. The molecule has 1 N–H and O–H groups in total. The Morgan fingerprint density at radius 1 is 1.00 bits per heavy atom. The molecule has 1 unspecified atom stereocenters. The second kappa shape index (κ2) is 6.40. The average Bonchev–Trinajstić information content (AvgIpc) is 2.38. The molecule has 2 aromatic carbocycles. The summed E-state index contributed by atoms with van der Waals surface area (Å²) in [6.45, 7) is 6.29. The molecule has 2 aromatic rings. The molecule has 0 saturated carbocycles. The number of hydrogen-bond acceptors (Lipinski definition) is 1. The lowest BCUT2D eigenvalue weighted by molar-refractivity contribution is 0.599. The first kappa shape index (κ1) is 15.0. The fourth-order valence-corrected chi connectivity index (χ4v) is 2.63. The monoisotopic (exact) mass is 335 g/mol. The lowest BCUT2D eigenvalue weighted by Gasteiger charge is -2.20. The number of nitrogens with one attached hydrogen (secondary N) is 1. The molecule has 0 radical (unpaired) electrons. The lowest BCUT2D eigenvalue weighted by atomic mass is 10.00. The standard InChI is InChI=1S/C17H19BrFN/c1-11(2)14-6-4-5-7-17(14)20-12(3)15-9-8-13(18)10-16(15)19/h4-12,20H,1-3H3. The van der Waals surface area contributed by atoms with E-state index in [2.05, 4.69) is 41.2 Å². The van der Waals surface area contributed by atoms with Crippen LogP contribution in [0, 0.1) is 5.82 Å². The van der Waals surface area contributed by atoms with Crippen LogP contribution in [0.1, 0.15) is 43.9 Å². The van der Waals surface area contributed by atoms with E-state index in [1.165, 1.54) is 11.6 Å². The molecule has 0 aromatic heterocycles. The fraction of sp³-hybridized carbons (Fsp3) is 0.294. The van der Waals surface area contributed by atoms with Crippen molar-refractivity contribution in [2.75, 3.05) is 5.32 Å². The third kappa shape index (κ3) is 3.40. The van der Waals surface area contributed by atoms with Gasteiger partial charge in [0.1, 0.15) is 5.82 Å². The first-order valence-corrected chi connectivity index (χ1v) is 7.58. The second-order valence-electron chi connectivity index (χ2n) is 5.27. The highest BCUT2D eigenvalue weighted by atomic mass is 79.9. The van der Waals surface area contributed by atoms with Crippen LogP contribution < -0.4 is 5.32 Å². The molecule has 0 saturated heterocycles. The van der Waals surface area contributed by atoms with Gasteiger partial charge in [0.2, 0.25) is 0 Å². The first-order chi connectivity index (χ1) is 9.49. The van der Waals surface area contributed by atoms with Gasteiger partial charge >= 0.3 is 0 Å². The highest BCUT2D eigenvalue weighted by Crippen LogP contribution is 2.29. The van der Waals surface area contributed by atoms with Crippen molar-refractivity contribution in [2.24, 2.45) is 0 Å². The zero-order chi connectivity index (χ0) is 14.7. The van der Waals surface area contributed by atoms with Crippen LogP contribution in [-0.2, 0) is 0 Å². The Balaban J connectivity index is 2.26. The predicted molar refractivity (Wildman–Crippen MR) is 86.7 cm³/mol. The van der Waals surface area contributed by atoms with E-state index in [1.54, 1.807) is 0 Å². The van der Waals surface area contributed by atoms with E-state index in [1.807, 2.05) is 37.3 Å². The minimum atomic E-state index is -0.193. The molecule has 0 fully saturated rings. The maximum Gasteiger partial charge on any atom is 0.129 e. The number of para-hydroxylation sites is 1. The van der Waals surface area contributed by atoms with Gasteiger partial charge in [-0.15, -0.1) is 0 Å². The quantitative estimate of drug-likeness (QED) is 0.735. The van der Waals surface area contributed by atoms with E-state index in [9.17, 15) is 4.39 Å². The van der Waals surface area contributed by atoms with Crippen LogP contribution >= 0.6 is 15.9 Å². The summed E-state index contributed by atoms with van der Waals surface area (Å²) in [5, 5.41) is 3.41. The van der Waals surface area contributed by atoms with Gasteiger partial charge in [-0.25, -0.2) is 4.39 Å². The van der Waals surface area contributed by atoms with Crippen LogP contribution in [0.3, 0.4) is 0 Å². The van der Waals surface area contributed by atoms with E-state index < -0.39 is 0 Å². The van der Waals surface area contributed by atoms with Crippen molar-refractivity contribution in [2.45, 2.75) is 32.7 Å². The zero-order valence-corrected chi connectivity index (χ0v) is 13.5. The van der Waals surface area contributed by atoms with E-state index in [4.69, 9.17) is 0 Å². The predicted octanol–water partition coefficient (Wildman–Crippen LogP) is 5.88. The molecule has 1 atom stereocenters. The van der Waals surface area contributed by atoms with Crippen LogP contribution in [0.25, 0.3) is 0 Å². The van der Waals surface area contributed by atoms with Gasteiger partial charge in [-0.05, 0) is 36.6 Å². The molecule has 20 heavy (non-hydrogen) atoms. The summed E-state index contributed by atoms with van der Waals surface area (Å²) in [5.41, 5.74) is 2.99. The normalized spacial score (nSPS) is 12.5. The van der Waals surface area contributed by atoms with Crippen molar-refractivity contribution >= 4 is 21.6 Å². The molecule has 106 valence electrons. The maximum absolute atomic E-state index is 14.0. The minimum Gasteiger partial charge on any atom is -0.378 e. The lowest BCUT2D eigenvalue weighted by Crippen LogP contribution is -2.10. The summed E-state index contributed by atoms with van der Waals surface area (Å²) < 4.78 is 14.8. The Morgan fingerprint density at radius 3 is 2.35 bits per heavy atom. The molecular formula is C17H19BrFN. The topological polar surface area (TPSA) is 12.0 Å². The van der Waals surface area contributed by atoms with Gasteiger partial charge in [0.15, 0.2) is 0 Å². The molecule has 0 aliphatic heterocycles. The Hall–Kier alpha value is -1.35. The number of benzene rings is 2. The Labute approximate surface area is 128 Å². The molecule has 3 heteroatoms. The summed E-state index contributed by atoms with van der Waals surface area (Å²) in [6, 6.07) is 13.3. The van der Waals surface area contributed by atoms with Gasteiger partial charge in [0.25, 0.3) is 0 Å². The molecule has 0 aliphatic rings. The Kier molecular flexibility index (Phi) is 4.81. The average molecular weight is 336 g/mol. The molecule has 0 bridgehead atoms. The van der Waals surface area contributed by atoms with Gasteiger partial charge in [-0.3, -0.25) is 0 Å². The summed E-state index contributed by atoms with van der Waals surface area (Å²) in [4.78, 5) is 0. The number of anilines is 1. The van der Waals surface area contributed by atoms with Crippen LogP contribution in [0.4, 0.5) is 10.1 Å². The first-order valence-electron chi connectivity index (χ1n) is 6.79. The maximum atomic E-state index is 14.0. The zero-order valence-electron chi connectivity index (χ0n) is 12.0. The van der Waals surface area contributed by atoms with E-state index in [0.29, 0.717) is 11.5 Å². The van der Waals surface area contributed by atoms with Crippen molar-refractivity contribution in [3.05, 3.63) is 63.9 Å². The molecule has 2 rings (SSSR count). The Bertz CT molecular complexity index is 595. The smallest absolute Gasteiger partial charge is 0.129 e. The number of hydrogen-bond donors (Lipinski definition) is 1. The van der Waals surface area contributed by atoms with Gasteiger partial charge < -0.3 is 5.32 Å². The molecule has 0 heterocycles. The molecular weight excluding hydrogens is 317 g/mol. The van der Waals surface area contributed by atoms with Crippen LogP contribution in [0.2, 0.25) is 0 Å². The largest absolute Gasteiger partial charge is 0.378 e. The van der Waals surface area contributed by atoms with E-state index >= 15 is 0 Å². The summed E-state index contributed by atoms with van der Waals surface area (Å²) >= 11 is 3.28. The SMILES string of the molecule is CC(C)c1ccccc1NC(C)c1ccc(Br)cc1F. The number of halogens is 2. The van der Waals surface area contributed by atoms with Crippen molar-refractivity contribution < 1.29 is 4.39 Å². The minimum absolute atomic E-state index is 0.0806. The Morgan fingerprint density at radius 2 is 1.70 bits per heavy atom. The third-order valence-corrected chi connectivity index (χ3v) is 3.88. The summed E-state index contributed by atoms with van der Waals surface area (Å²) in [5.74, 6) is 0.238. The van der Waals surface area contributed by atoms with E-state index in [-0.39, 0.29) is 11.9 Å². The molecule has 1 nitrogen and oxygen atoms in total. The van der Waals surface area contributed by atoms with E-state index in [0.717, 1.165) is 10.2 Å².